The molecule has 0 saturated carbocycles. The first-order valence-corrected chi connectivity index (χ1v) is 6.22. The van der Waals surface area contributed by atoms with Gasteiger partial charge in [0.25, 0.3) is 0 Å². The summed E-state index contributed by atoms with van der Waals surface area (Å²) in [4.78, 5) is 2.06. The molecule has 1 N–H and O–H groups in total. The van der Waals surface area contributed by atoms with Crippen molar-refractivity contribution in [3.05, 3.63) is 34.1 Å². The van der Waals surface area contributed by atoms with E-state index < -0.39 is 0 Å². The van der Waals surface area contributed by atoms with E-state index in [1.54, 1.807) is 13.2 Å². The monoisotopic (exact) mass is 305 g/mol. The summed E-state index contributed by atoms with van der Waals surface area (Å²) in [5.41, 5.74) is 0.996. The number of halogens is 2. The molecule has 5 heteroatoms. The van der Waals surface area contributed by atoms with Gasteiger partial charge in [-0.2, -0.15) is 0 Å². The van der Waals surface area contributed by atoms with Crippen molar-refractivity contribution in [2.45, 2.75) is 6.54 Å². The van der Waals surface area contributed by atoms with Crippen LogP contribution in [0, 0.1) is 5.82 Å². The van der Waals surface area contributed by atoms with E-state index in [1.165, 1.54) is 12.1 Å². The van der Waals surface area contributed by atoms with Gasteiger partial charge in [0.05, 0.1) is 13.2 Å². The maximum atomic E-state index is 12.9. The van der Waals surface area contributed by atoms with Crippen molar-refractivity contribution in [1.29, 1.82) is 0 Å². The largest absolute Gasteiger partial charge is 0.395 e. The number of methoxy groups -OCH3 is 1. The Hall–Kier alpha value is -0.490. The Kier molecular flexibility index (Phi) is 6.65. The predicted molar refractivity (Wildman–Crippen MR) is 68.3 cm³/mol. The lowest BCUT2D eigenvalue weighted by Crippen LogP contribution is -2.30. The highest BCUT2D eigenvalue weighted by atomic mass is 79.9. The zero-order valence-electron chi connectivity index (χ0n) is 9.83. The molecule has 0 heterocycles. The van der Waals surface area contributed by atoms with E-state index in [2.05, 4.69) is 20.8 Å². The summed E-state index contributed by atoms with van der Waals surface area (Å²) in [7, 11) is 1.64. The summed E-state index contributed by atoms with van der Waals surface area (Å²) in [6.07, 6.45) is 0. The first-order chi connectivity index (χ1) is 8.17. The van der Waals surface area contributed by atoms with Gasteiger partial charge in [-0.05, 0) is 17.7 Å². The predicted octanol–water partition coefficient (Wildman–Crippen LogP) is 2.03. The quantitative estimate of drug-likeness (QED) is 0.837. The Morgan fingerprint density at radius 2 is 2.18 bits per heavy atom. The van der Waals surface area contributed by atoms with Crippen molar-refractivity contribution in [3.63, 3.8) is 0 Å². The van der Waals surface area contributed by atoms with Gasteiger partial charge < -0.3 is 9.84 Å². The molecule has 0 aliphatic rings. The van der Waals surface area contributed by atoms with Crippen molar-refractivity contribution in [2.24, 2.45) is 0 Å². The van der Waals surface area contributed by atoms with Gasteiger partial charge in [-0.1, -0.05) is 22.0 Å². The molecule has 0 amide bonds. The number of nitrogens with zero attached hydrogens (tertiary/aromatic N) is 1. The fraction of sp³-hybridized carbons (Fsp3) is 0.500. The summed E-state index contributed by atoms with van der Waals surface area (Å²) < 4.78 is 18.7. The van der Waals surface area contributed by atoms with Crippen LogP contribution in [0.15, 0.2) is 22.7 Å². The van der Waals surface area contributed by atoms with E-state index in [9.17, 15) is 4.39 Å². The number of hydrogen-bond acceptors (Lipinski definition) is 3. The molecular formula is C12H17BrFNO2. The summed E-state index contributed by atoms with van der Waals surface area (Å²) >= 11 is 3.33. The summed E-state index contributed by atoms with van der Waals surface area (Å²) in [6.45, 7) is 2.68. The van der Waals surface area contributed by atoms with Crippen molar-refractivity contribution in [3.8, 4) is 0 Å². The molecule has 1 rings (SSSR count). The van der Waals surface area contributed by atoms with Crippen LogP contribution in [0.3, 0.4) is 0 Å². The number of ether oxygens (including phenoxy) is 1. The number of aliphatic hydroxyl groups excluding tert-OH is 1. The van der Waals surface area contributed by atoms with Gasteiger partial charge in [-0.15, -0.1) is 0 Å². The smallest absolute Gasteiger partial charge is 0.124 e. The fourth-order valence-corrected chi connectivity index (χ4v) is 2.00. The van der Waals surface area contributed by atoms with Crippen LogP contribution in [0.4, 0.5) is 4.39 Å². The zero-order valence-corrected chi connectivity index (χ0v) is 11.4. The van der Waals surface area contributed by atoms with Crippen LogP contribution >= 0.6 is 15.9 Å². The molecule has 0 unspecified atom stereocenters. The van der Waals surface area contributed by atoms with Crippen molar-refractivity contribution >= 4 is 15.9 Å². The van der Waals surface area contributed by atoms with Crippen LogP contribution in [-0.2, 0) is 11.3 Å². The summed E-state index contributed by atoms with van der Waals surface area (Å²) in [6, 6.07) is 4.63. The van der Waals surface area contributed by atoms with E-state index >= 15 is 0 Å². The number of aliphatic hydroxyl groups is 1. The topological polar surface area (TPSA) is 32.7 Å². The molecule has 0 radical (unpaired) electrons. The maximum absolute atomic E-state index is 12.9. The lowest BCUT2D eigenvalue weighted by molar-refractivity contribution is 0.126. The number of benzene rings is 1. The van der Waals surface area contributed by atoms with Crippen LogP contribution in [0.2, 0.25) is 0 Å². The molecule has 1 aromatic carbocycles. The number of hydrogen-bond donors (Lipinski definition) is 1. The van der Waals surface area contributed by atoms with Crippen molar-refractivity contribution < 1.29 is 14.2 Å². The summed E-state index contributed by atoms with van der Waals surface area (Å²) in [5, 5.41) is 8.97. The molecule has 96 valence electrons. The fourth-order valence-electron chi connectivity index (χ4n) is 1.52. The van der Waals surface area contributed by atoms with Gasteiger partial charge in [0, 0.05) is 31.2 Å². The third-order valence-corrected chi connectivity index (χ3v) is 3.18. The van der Waals surface area contributed by atoms with Gasteiger partial charge >= 0.3 is 0 Å². The average molecular weight is 306 g/mol. The Labute approximate surface area is 109 Å². The van der Waals surface area contributed by atoms with Crippen molar-refractivity contribution in [2.75, 3.05) is 33.4 Å². The molecule has 0 aliphatic heterocycles. The van der Waals surface area contributed by atoms with Crippen LogP contribution in [0.1, 0.15) is 5.56 Å². The van der Waals surface area contributed by atoms with Gasteiger partial charge in [-0.3, -0.25) is 4.90 Å². The second-order valence-electron chi connectivity index (χ2n) is 3.73. The molecule has 17 heavy (non-hydrogen) atoms. The first kappa shape index (κ1) is 14.6. The highest BCUT2D eigenvalue weighted by Gasteiger charge is 2.08. The molecule has 0 bridgehead atoms. The lowest BCUT2D eigenvalue weighted by Gasteiger charge is -2.21. The SMILES string of the molecule is COCCN(CCO)Cc1ccc(F)cc1Br. The second kappa shape index (κ2) is 7.76. The Morgan fingerprint density at radius 1 is 1.41 bits per heavy atom. The van der Waals surface area contributed by atoms with E-state index in [1.807, 2.05) is 0 Å². The molecule has 0 spiro atoms. The standard InChI is InChI=1S/C12H17BrFNO2/c1-17-7-5-15(4-6-16)9-10-2-3-11(14)8-12(10)13/h2-3,8,16H,4-7,9H2,1H3. The highest BCUT2D eigenvalue weighted by molar-refractivity contribution is 9.10. The van der Waals surface area contributed by atoms with Crippen LogP contribution < -0.4 is 0 Å². The minimum atomic E-state index is -0.258. The van der Waals surface area contributed by atoms with Gasteiger partial charge in [0.2, 0.25) is 0 Å². The lowest BCUT2D eigenvalue weighted by atomic mass is 10.2. The normalized spacial score (nSPS) is 11.1. The van der Waals surface area contributed by atoms with Gasteiger partial charge in [0.15, 0.2) is 0 Å². The Balaban J connectivity index is 2.64. The molecule has 1 aromatic rings. The molecule has 0 fully saturated rings. The molecule has 3 nitrogen and oxygen atoms in total. The average Bonchev–Trinajstić information content (AvgIpc) is 2.29. The molecule has 0 aliphatic carbocycles. The van der Waals surface area contributed by atoms with E-state index in [-0.39, 0.29) is 12.4 Å². The van der Waals surface area contributed by atoms with Crippen LogP contribution in [0.25, 0.3) is 0 Å². The molecular weight excluding hydrogens is 289 g/mol. The van der Waals surface area contributed by atoms with Gasteiger partial charge in [0.1, 0.15) is 5.82 Å². The summed E-state index contributed by atoms with van der Waals surface area (Å²) in [5.74, 6) is -0.258. The maximum Gasteiger partial charge on any atom is 0.124 e. The Bertz CT molecular complexity index is 349. The first-order valence-electron chi connectivity index (χ1n) is 5.43. The third-order valence-electron chi connectivity index (χ3n) is 2.44. The molecule has 0 saturated heterocycles. The highest BCUT2D eigenvalue weighted by Crippen LogP contribution is 2.19. The Morgan fingerprint density at radius 3 is 2.76 bits per heavy atom. The van der Waals surface area contributed by atoms with Crippen molar-refractivity contribution in [1.82, 2.24) is 4.90 Å². The van der Waals surface area contributed by atoms with E-state index in [0.717, 1.165) is 16.6 Å². The van der Waals surface area contributed by atoms with Crippen LogP contribution in [-0.4, -0.2) is 43.4 Å². The van der Waals surface area contributed by atoms with E-state index in [0.29, 0.717) is 19.7 Å². The number of rotatable bonds is 7. The van der Waals surface area contributed by atoms with E-state index in [4.69, 9.17) is 9.84 Å². The third kappa shape index (κ3) is 5.12. The minimum Gasteiger partial charge on any atom is -0.395 e. The molecule has 0 aromatic heterocycles. The minimum absolute atomic E-state index is 0.0997. The zero-order chi connectivity index (χ0) is 12.7. The van der Waals surface area contributed by atoms with Gasteiger partial charge in [-0.25, -0.2) is 4.39 Å². The molecule has 0 atom stereocenters. The second-order valence-corrected chi connectivity index (χ2v) is 4.58. The van der Waals surface area contributed by atoms with Crippen LogP contribution in [0.5, 0.6) is 0 Å².